The van der Waals surface area contributed by atoms with Crippen LogP contribution in [-0.2, 0) is 6.61 Å². The Morgan fingerprint density at radius 1 is 1.50 bits per heavy atom. The highest BCUT2D eigenvalue weighted by atomic mass is 16.5. The Kier molecular flexibility index (Phi) is 4.03. The van der Waals surface area contributed by atoms with Gasteiger partial charge in [-0.05, 0) is 30.7 Å². The lowest BCUT2D eigenvalue weighted by Gasteiger charge is -2.07. The molecular formula is C14H13N3O3. The van der Waals surface area contributed by atoms with Crippen molar-refractivity contribution in [2.45, 2.75) is 13.5 Å². The van der Waals surface area contributed by atoms with Crippen LogP contribution in [0.3, 0.4) is 0 Å². The van der Waals surface area contributed by atoms with Crippen LogP contribution in [0.15, 0.2) is 34.9 Å². The van der Waals surface area contributed by atoms with Gasteiger partial charge in [0.15, 0.2) is 0 Å². The maximum Gasteiger partial charge on any atom is 0.268 e. The average molecular weight is 271 g/mol. The second kappa shape index (κ2) is 5.91. The van der Waals surface area contributed by atoms with Crippen LogP contribution in [0, 0.1) is 18.3 Å². The van der Waals surface area contributed by atoms with Crippen LogP contribution < -0.4 is 16.0 Å². The third-order valence-corrected chi connectivity index (χ3v) is 2.73. The number of nitriles is 1. The number of nitrogens with zero attached hydrogens (tertiary/aromatic N) is 1. The minimum absolute atomic E-state index is 0.160. The van der Waals surface area contributed by atoms with Crippen molar-refractivity contribution in [3.05, 3.63) is 53.0 Å². The number of hydrogen-bond acceptors (Lipinski definition) is 5. The molecule has 20 heavy (non-hydrogen) atoms. The summed E-state index contributed by atoms with van der Waals surface area (Å²) in [7, 11) is 0. The Labute approximate surface area is 115 Å². The zero-order valence-corrected chi connectivity index (χ0v) is 10.8. The molecule has 0 aliphatic rings. The van der Waals surface area contributed by atoms with Crippen molar-refractivity contribution in [1.82, 2.24) is 5.43 Å². The molecule has 102 valence electrons. The summed E-state index contributed by atoms with van der Waals surface area (Å²) in [6.45, 7) is 2.04. The van der Waals surface area contributed by atoms with Crippen LogP contribution in [-0.4, -0.2) is 5.91 Å². The van der Waals surface area contributed by atoms with Crippen molar-refractivity contribution >= 4 is 5.91 Å². The number of hydrazine groups is 1. The molecule has 1 aromatic heterocycles. The first kappa shape index (κ1) is 13.6. The van der Waals surface area contributed by atoms with Gasteiger partial charge in [-0.25, -0.2) is 5.84 Å². The van der Waals surface area contributed by atoms with Gasteiger partial charge in [-0.3, -0.25) is 10.2 Å². The van der Waals surface area contributed by atoms with Crippen LogP contribution in [0.25, 0.3) is 0 Å². The number of ether oxygens (including phenoxy) is 1. The molecule has 0 saturated carbocycles. The Hall–Kier alpha value is -2.78. The highest BCUT2D eigenvalue weighted by Gasteiger charge is 2.10. The van der Waals surface area contributed by atoms with E-state index in [1.54, 1.807) is 18.2 Å². The first-order valence-electron chi connectivity index (χ1n) is 5.86. The van der Waals surface area contributed by atoms with E-state index in [0.717, 1.165) is 5.56 Å². The Balaban J connectivity index is 2.07. The predicted molar refractivity (Wildman–Crippen MR) is 70.6 cm³/mol. The number of rotatable bonds is 4. The first-order valence-corrected chi connectivity index (χ1v) is 5.86. The Morgan fingerprint density at radius 2 is 2.30 bits per heavy atom. The van der Waals surface area contributed by atoms with Gasteiger partial charge in [0.2, 0.25) is 0 Å². The fourth-order valence-corrected chi connectivity index (χ4v) is 1.63. The van der Waals surface area contributed by atoms with Crippen molar-refractivity contribution in [2.75, 3.05) is 0 Å². The lowest BCUT2D eigenvalue weighted by Crippen LogP contribution is -2.29. The van der Waals surface area contributed by atoms with Gasteiger partial charge in [0.25, 0.3) is 5.91 Å². The molecule has 0 unspecified atom stereocenters. The number of nitrogens with one attached hydrogen (secondary N) is 1. The van der Waals surface area contributed by atoms with Gasteiger partial charge >= 0.3 is 0 Å². The second-order valence-corrected chi connectivity index (χ2v) is 4.16. The maximum absolute atomic E-state index is 11.3. The van der Waals surface area contributed by atoms with E-state index >= 15 is 0 Å². The van der Waals surface area contributed by atoms with Gasteiger partial charge < -0.3 is 9.15 Å². The number of furan rings is 1. The molecule has 6 heteroatoms. The van der Waals surface area contributed by atoms with Crippen LogP contribution >= 0.6 is 0 Å². The van der Waals surface area contributed by atoms with Gasteiger partial charge in [0, 0.05) is 0 Å². The lowest BCUT2D eigenvalue weighted by molar-refractivity contribution is 0.0953. The molecule has 0 radical (unpaired) electrons. The molecule has 0 saturated heterocycles. The zero-order valence-electron chi connectivity index (χ0n) is 10.8. The van der Waals surface area contributed by atoms with Gasteiger partial charge in [-0.1, -0.05) is 6.07 Å². The standard InChI is InChI=1S/C14H13N3O3/c1-9-2-3-10(6-15)4-13(9)20-8-12-5-11(7-19-12)14(18)17-16/h2-5,7H,8,16H2,1H3,(H,17,18). The molecule has 3 N–H and O–H groups in total. The molecule has 6 nitrogen and oxygen atoms in total. The molecule has 1 aromatic carbocycles. The van der Waals surface area contributed by atoms with E-state index in [0.29, 0.717) is 22.6 Å². The quantitative estimate of drug-likeness (QED) is 0.500. The van der Waals surface area contributed by atoms with E-state index in [1.165, 1.54) is 6.26 Å². The summed E-state index contributed by atoms with van der Waals surface area (Å²) in [5.74, 6) is 5.69. The van der Waals surface area contributed by atoms with Crippen molar-refractivity contribution in [3.63, 3.8) is 0 Å². The molecule has 2 rings (SSSR count). The summed E-state index contributed by atoms with van der Waals surface area (Å²) in [5, 5.41) is 8.85. The summed E-state index contributed by atoms with van der Waals surface area (Å²) >= 11 is 0. The lowest BCUT2D eigenvalue weighted by atomic mass is 10.1. The van der Waals surface area contributed by atoms with Crippen LogP contribution in [0.1, 0.15) is 27.2 Å². The molecule has 2 aromatic rings. The van der Waals surface area contributed by atoms with E-state index in [9.17, 15) is 4.79 Å². The number of hydrogen-bond donors (Lipinski definition) is 2. The van der Waals surface area contributed by atoms with E-state index < -0.39 is 5.91 Å². The van der Waals surface area contributed by atoms with E-state index in [4.69, 9.17) is 20.3 Å². The molecule has 1 amide bonds. The molecule has 0 aliphatic carbocycles. The third kappa shape index (κ3) is 2.96. The summed E-state index contributed by atoms with van der Waals surface area (Å²) < 4.78 is 10.8. The zero-order chi connectivity index (χ0) is 14.5. The summed E-state index contributed by atoms with van der Waals surface area (Å²) in [6, 6.07) is 8.78. The second-order valence-electron chi connectivity index (χ2n) is 4.16. The third-order valence-electron chi connectivity index (χ3n) is 2.73. The number of amides is 1. The number of carbonyl (C=O) groups excluding carboxylic acids is 1. The van der Waals surface area contributed by atoms with Crippen molar-refractivity contribution in [1.29, 1.82) is 5.26 Å². The molecule has 0 bridgehead atoms. The minimum Gasteiger partial charge on any atom is -0.485 e. The molecular weight excluding hydrogens is 258 g/mol. The fraction of sp³-hybridized carbons (Fsp3) is 0.143. The van der Waals surface area contributed by atoms with E-state index in [1.807, 2.05) is 24.5 Å². The Bertz CT molecular complexity index is 671. The normalized spacial score (nSPS) is 9.85. The summed E-state index contributed by atoms with van der Waals surface area (Å²) in [5.41, 5.74) is 3.78. The van der Waals surface area contributed by atoms with Crippen LogP contribution in [0.5, 0.6) is 5.75 Å². The first-order chi connectivity index (χ1) is 9.63. The van der Waals surface area contributed by atoms with Gasteiger partial charge in [-0.2, -0.15) is 5.26 Å². The SMILES string of the molecule is Cc1ccc(C#N)cc1OCc1cc(C(=O)NN)co1. The molecule has 0 fully saturated rings. The summed E-state index contributed by atoms with van der Waals surface area (Å²) in [4.78, 5) is 11.3. The smallest absolute Gasteiger partial charge is 0.268 e. The average Bonchev–Trinajstić information content (AvgIpc) is 2.94. The number of nitrogens with two attached hydrogens (primary N) is 1. The predicted octanol–water partition coefficient (Wildman–Crippen LogP) is 1.64. The van der Waals surface area contributed by atoms with Gasteiger partial charge in [0.1, 0.15) is 24.4 Å². The van der Waals surface area contributed by atoms with E-state index in [2.05, 4.69) is 0 Å². The highest BCUT2D eigenvalue weighted by Crippen LogP contribution is 2.21. The Morgan fingerprint density at radius 3 is 3.00 bits per heavy atom. The highest BCUT2D eigenvalue weighted by molar-refractivity contribution is 5.93. The topological polar surface area (TPSA) is 101 Å². The molecule has 0 spiro atoms. The van der Waals surface area contributed by atoms with E-state index in [-0.39, 0.29) is 6.61 Å². The maximum atomic E-state index is 11.3. The van der Waals surface area contributed by atoms with Crippen LogP contribution in [0.4, 0.5) is 0 Å². The molecule has 0 atom stereocenters. The molecule has 1 heterocycles. The van der Waals surface area contributed by atoms with Gasteiger partial charge in [-0.15, -0.1) is 0 Å². The minimum atomic E-state index is -0.428. The molecule has 0 aliphatic heterocycles. The number of aryl methyl sites for hydroxylation is 1. The van der Waals surface area contributed by atoms with Gasteiger partial charge in [0.05, 0.1) is 17.2 Å². The largest absolute Gasteiger partial charge is 0.485 e. The van der Waals surface area contributed by atoms with Crippen molar-refractivity contribution in [2.24, 2.45) is 5.84 Å². The monoisotopic (exact) mass is 271 g/mol. The number of benzene rings is 1. The number of nitrogen functional groups attached to an aromatic ring is 1. The van der Waals surface area contributed by atoms with Crippen molar-refractivity contribution in [3.8, 4) is 11.8 Å². The van der Waals surface area contributed by atoms with Crippen molar-refractivity contribution < 1.29 is 13.9 Å². The number of carbonyl (C=O) groups is 1. The summed E-state index contributed by atoms with van der Waals surface area (Å²) in [6.07, 6.45) is 1.31. The fourth-order valence-electron chi connectivity index (χ4n) is 1.63. The van der Waals surface area contributed by atoms with Crippen LogP contribution in [0.2, 0.25) is 0 Å².